The predicted octanol–water partition coefficient (Wildman–Crippen LogP) is 3.81. The van der Waals surface area contributed by atoms with Crippen molar-refractivity contribution in [1.29, 1.82) is 0 Å². The summed E-state index contributed by atoms with van der Waals surface area (Å²) in [5, 5.41) is 3.42. The van der Waals surface area contributed by atoms with Crippen molar-refractivity contribution < 1.29 is 9.59 Å². The molecule has 0 atom stereocenters. The minimum Gasteiger partial charge on any atom is -0.329 e. The second-order valence-electron chi connectivity index (χ2n) is 6.89. The minimum absolute atomic E-state index is 0.0581. The van der Waals surface area contributed by atoms with E-state index in [0.717, 1.165) is 29.8 Å². The van der Waals surface area contributed by atoms with Gasteiger partial charge in [0.2, 0.25) is 5.91 Å². The number of thiazole rings is 1. The fraction of sp³-hybridized carbons (Fsp3) is 0.450. The maximum absolute atomic E-state index is 12.9. The van der Waals surface area contributed by atoms with Crippen molar-refractivity contribution in [2.24, 2.45) is 5.92 Å². The summed E-state index contributed by atoms with van der Waals surface area (Å²) in [6.45, 7) is 6.68. The molecule has 1 aliphatic carbocycles. The van der Waals surface area contributed by atoms with Crippen LogP contribution in [0.1, 0.15) is 46.3 Å². The van der Waals surface area contributed by atoms with Gasteiger partial charge < -0.3 is 10.2 Å². The van der Waals surface area contributed by atoms with Crippen LogP contribution in [0.3, 0.4) is 0 Å². The standard InChI is InChI=1S/C20H25N3O2S/c1-4-15-7-9-17(10-8-15)19(25)23(11-16-5-6-16)12-18(24)22-20-21-13(2)14(3)26-20/h7-10,16H,4-6,11-12H2,1-3H3,(H,21,22,24). The van der Waals surface area contributed by atoms with Gasteiger partial charge in [-0.1, -0.05) is 19.1 Å². The van der Waals surface area contributed by atoms with Crippen LogP contribution >= 0.6 is 11.3 Å². The maximum Gasteiger partial charge on any atom is 0.254 e. The lowest BCUT2D eigenvalue weighted by Crippen LogP contribution is -2.39. The molecule has 138 valence electrons. The molecule has 1 N–H and O–H groups in total. The van der Waals surface area contributed by atoms with Gasteiger partial charge in [0.05, 0.1) is 5.69 Å². The van der Waals surface area contributed by atoms with E-state index in [9.17, 15) is 9.59 Å². The number of amides is 2. The van der Waals surface area contributed by atoms with Gasteiger partial charge in [0.1, 0.15) is 6.54 Å². The van der Waals surface area contributed by atoms with E-state index in [1.165, 1.54) is 16.9 Å². The van der Waals surface area contributed by atoms with Gasteiger partial charge in [0.25, 0.3) is 5.91 Å². The molecule has 0 bridgehead atoms. The molecule has 26 heavy (non-hydrogen) atoms. The van der Waals surface area contributed by atoms with Crippen molar-refractivity contribution in [2.45, 2.75) is 40.0 Å². The van der Waals surface area contributed by atoms with E-state index in [-0.39, 0.29) is 18.4 Å². The first kappa shape index (κ1) is 18.6. The predicted molar refractivity (Wildman–Crippen MR) is 105 cm³/mol. The Hall–Kier alpha value is -2.21. The van der Waals surface area contributed by atoms with Crippen molar-refractivity contribution in [2.75, 3.05) is 18.4 Å². The fourth-order valence-electron chi connectivity index (χ4n) is 2.76. The molecule has 0 spiro atoms. The largest absolute Gasteiger partial charge is 0.329 e. The molecule has 1 aromatic carbocycles. The summed E-state index contributed by atoms with van der Waals surface area (Å²) in [6, 6.07) is 7.66. The van der Waals surface area contributed by atoms with E-state index in [4.69, 9.17) is 0 Å². The van der Waals surface area contributed by atoms with E-state index < -0.39 is 0 Å². The van der Waals surface area contributed by atoms with Crippen LogP contribution in [0.15, 0.2) is 24.3 Å². The van der Waals surface area contributed by atoms with E-state index >= 15 is 0 Å². The summed E-state index contributed by atoms with van der Waals surface area (Å²) < 4.78 is 0. The van der Waals surface area contributed by atoms with Gasteiger partial charge >= 0.3 is 0 Å². The van der Waals surface area contributed by atoms with Crippen molar-refractivity contribution in [3.8, 4) is 0 Å². The lowest BCUT2D eigenvalue weighted by Gasteiger charge is -2.22. The third-order valence-electron chi connectivity index (χ3n) is 4.68. The maximum atomic E-state index is 12.9. The molecule has 1 fully saturated rings. The van der Waals surface area contributed by atoms with Crippen LogP contribution in [0, 0.1) is 19.8 Å². The number of aromatic nitrogens is 1. The molecular weight excluding hydrogens is 346 g/mol. The van der Waals surface area contributed by atoms with Crippen LogP contribution in [0.2, 0.25) is 0 Å². The van der Waals surface area contributed by atoms with Gasteiger partial charge in [0.15, 0.2) is 5.13 Å². The molecule has 1 aliphatic rings. The molecule has 0 saturated heterocycles. The fourth-order valence-corrected chi connectivity index (χ4v) is 3.59. The number of rotatable bonds is 7. The summed E-state index contributed by atoms with van der Waals surface area (Å²) in [5.41, 5.74) is 2.76. The highest BCUT2D eigenvalue weighted by Crippen LogP contribution is 2.30. The highest BCUT2D eigenvalue weighted by atomic mass is 32.1. The van der Waals surface area contributed by atoms with Gasteiger partial charge in [-0.25, -0.2) is 4.98 Å². The third kappa shape index (κ3) is 4.69. The zero-order chi connectivity index (χ0) is 18.7. The summed E-state index contributed by atoms with van der Waals surface area (Å²) in [6.07, 6.45) is 3.20. The Morgan fingerprint density at radius 1 is 1.23 bits per heavy atom. The van der Waals surface area contributed by atoms with Gasteiger partial charge in [-0.3, -0.25) is 9.59 Å². The van der Waals surface area contributed by atoms with E-state index in [1.54, 1.807) is 4.90 Å². The Morgan fingerprint density at radius 2 is 1.92 bits per heavy atom. The zero-order valence-corrected chi connectivity index (χ0v) is 16.4. The average Bonchev–Trinajstić information content (AvgIpc) is 3.38. The first-order valence-corrected chi connectivity index (χ1v) is 9.90. The van der Waals surface area contributed by atoms with Crippen LogP contribution in [-0.2, 0) is 11.2 Å². The third-order valence-corrected chi connectivity index (χ3v) is 5.67. The molecule has 5 nitrogen and oxygen atoms in total. The Labute approximate surface area is 158 Å². The van der Waals surface area contributed by atoms with Crippen LogP contribution in [0.25, 0.3) is 0 Å². The molecule has 1 heterocycles. The average molecular weight is 372 g/mol. The van der Waals surface area contributed by atoms with Crippen molar-refractivity contribution in [3.05, 3.63) is 46.0 Å². The smallest absolute Gasteiger partial charge is 0.254 e. The van der Waals surface area contributed by atoms with Crippen molar-refractivity contribution in [3.63, 3.8) is 0 Å². The lowest BCUT2D eigenvalue weighted by molar-refractivity contribution is -0.116. The molecule has 6 heteroatoms. The molecule has 0 radical (unpaired) electrons. The van der Waals surface area contributed by atoms with Gasteiger partial charge in [-0.05, 0) is 56.7 Å². The zero-order valence-electron chi connectivity index (χ0n) is 15.5. The molecule has 3 rings (SSSR count). The summed E-state index contributed by atoms with van der Waals surface area (Å²) in [4.78, 5) is 32.4. The topological polar surface area (TPSA) is 62.3 Å². The second-order valence-corrected chi connectivity index (χ2v) is 8.09. The van der Waals surface area contributed by atoms with Gasteiger partial charge in [0, 0.05) is 17.0 Å². The Balaban J connectivity index is 1.68. The molecular formula is C20H25N3O2S. The number of nitrogens with zero attached hydrogens (tertiary/aromatic N) is 2. The molecule has 0 unspecified atom stereocenters. The van der Waals surface area contributed by atoms with Gasteiger partial charge in [-0.2, -0.15) is 0 Å². The van der Waals surface area contributed by atoms with Crippen LogP contribution < -0.4 is 5.32 Å². The second kappa shape index (κ2) is 7.99. The highest BCUT2D eigenvalue weighted by Gasteiger charge is 2.28. The number of benzene rings is 1. The first-order valence-electron chi connectivity index (χ1n) is 9.08. The first-order chi connectivity index (χ1) is 12.5. The Kier molecular flexibility index (Phi) is 5.71. The number of hydrogen-bond donors (Lipinski definition) is 1. The quantitative estimate of drug-likeness (QED) is 0.805. The number of aryl methyl sites for hydroxylation is 3. The molecule has 2 aromatic rings. The molecule has 1 aromatic heterocycles. The van der Waals surface area contributed by atoms with Crippen LogP contribution in [-0.4, -0.2) is 34.8 Å². The molecule has 2 amide bonds. The molecule has 0 aliphatic heterocycles. The summed E-state index contributed by atoms with van der Waals surface area (Å²) >= 11 is 1.46. The number of carbonyl (C=O) groups is 2. The summed E-state index contributed by atoms with van der Waals surface area (Å²) in [7, 11) is 0. The number of nitrogens with one attached hydrogen (secondary N) is 1. The summed E-state index contributed by atoms with van der Waals surface area (Å²) in [5.74, 6) is 0.241. The molecule has 1 saturated carbocycles. The van der Waals surface area contributed by atoms with E-state index in [2.05, 4.69) is 17.2 Å². The number of carbonyl (C=O) groups excluding carboxylic acids is 2. The number of anilines is 1. The van der Waals surface area contributed by atoms with Crippen LogP contribution in [0.5, 0.6) is 0 Å². The normalized spacial score (nSPS) is 13.5. The Morgan fingerprint density at radius 3 is 2.46 bits per heavy atom. The number of hydrogen-bond acceptors (Lipinski definition) is 4. The van der Waals surface area contributed by atoms with E-state index in [0.29, 0.717) is 23.2 Å². The van der Waals surface area contributed by atoms with Crippen molar-refractivity contribution in [1.82, 2.24) is 9.88 Å². The minimum atomic E-state index is -0.196. The van der Waals surface area contributed by atoms with Crippen molar-refractivity contribution >= 4 is 28.3 Å². The van der Waals surface area contributed by atoms with E-state index in [1.807, 2.05) is 38.1 Å². The Bertz CT molecular complexity index is 774. The monoisotopic (exact) mass is 371 g/mol. The highest BCUT2D eigenvalue weighted by molar-refractivity contribution is 7.15. The lowest BCUT2D eigenvalue weighted by atomic mass is 10.1. The van der Waals surface area contributed by atoms with Gasteiger partial charge in [-0.15, -0.1) is 11.3 Å². The van der Waals surface area contributed by atoms with Crippen LogP contribution in [0.4, 0.5) is 5.13 Å². The SMILES string of the molecule is CCc1ccc(C(=O)N(CC(=O)Nc2nc(C)c(C)s2)CC2CC2)cc1.